The molecule has 0 bridgehead atoms. The standard InChI is InChI=1S/C15H23N5O/c1-15(2,3)13-11(8-20(5)19-13)14-17-10(9-21-6)7-12(16-4)18-14/h7-8H,9H2,1-6H3,(H,16,17,18). The molecule has 0 amide bonds. The third kappa shape index (κ3) is 3.39. The lowest BCUT2D eigenvalue weighted by molar-refractivity contribution is 0.181. The molecule has 0 aromatic carbocycles. The summed E-state index contributed by atoms with van der Waals surface area (Å²) in [5.41, 5.74) is 2.72. The Morgan fingerprint density at radius 3 is 2.57 bits per heavy atom. The molecule has 2 rings (SSSR count). The number of hydrogen-bond donors (Lipinski definition) is 1. The van der Waals surface area contributed by atoms with Crippen LogP contribution >= 0.6 is 0 Å². The molecule has 21 heavy (non-hydrogen) atoms. The van der Waals surface area contributed by atoms with Crippen molar-refractivity contribution in [1.29, 1.82) is 0 Å². The Bertz CT molecular complexity index is 627. The van der Waals surface area contributed by atoms with E-state index < -0.39 is 0 Å². The Morgan fingerprint density at radius 1 is 1.29 bits per heavy atom. The van der Waals surface area contributed by atoms with Crippen molar-refractivity contribution in [1.82, 2.24) is 19.7 Å². The first-order chi connectivity index (χ1) is 9.85. The first-order valence-corrected chi connectivity index (χ1v) is 6.94. The van der Waals surface area contributed by atoms with Gasteiger partial charge < -0.3 is 10.1 Å². The van der Waals surface area contributed by atoms with Gasteiger partial charge in [0.05, 0.1) is 23.6 Å². The van der Waals surface area contributed by atoms with Gasteiger partial charge in [0.25, 0.3) is 0 Å². The highest BCUT2D eigenvalue weighted by Gasteiger charge is 2.24. The van der Waals surface area contributed by atoms with Gasteiger partial charge in [-0.3, -0.25) is 4.68 Å². The Hall–Kier alpha value is -1.95. The number of aromatic nitrogens is 4. The van der Waals surface area contributed by atoms with Crippen molar-refractivity contribution < 1.29 is 4.74 Å². The van der Waals surface area contributed by atoms with Gasteiger partial charge in [-0.05, 0) is 0 Å². The quantitative estimate of drug-likeness (QED) is 0.936. The average molecular weight is 289 g/mol. The molecule has 0 radical (unpaired) electrons. The third-order valence-electron chi connectivity index (χ3n) is 3.11. The number of anilines is 1. The Morgan fingerprint density at radius 2 is 2.00 bits per heavy atom. The number of nitrogens with zero attached hydrogens (tertiary/aromatic N) is 4. The number of rotatable bonds is 4. The van der Waals surface area contributed by atoms with Gasteiger partial charge in [-0.1, -0.05) is 20.8 Å². The van der Waals surface area contributed by atoms with Gasteiger partial charge in [0.2, 0.25) is 0 Å². The smallest absolute Gasteiger partial charge is 0.165 e. The zero-order chi connectivity index (χ0) is 15.6. The topological polar surface area (TPSA) is 64.9 Å². The number of hydrogen-bond acceptors (Lipinski definition) is 5. The van der Waals surface area contributed by atoms with Crippen molar-refractivity contribution in [2.75, 3.05) is 19.5 Å². The molecule has 0 aliphatic carbocycles. The fourth-order valence-corrected chi connectivity index (χ4v) is 2.17. The summed E-state index contributed by atoms with van der Waals surface area (Å²) >= 11 is 0. The summed E-state index contributed by atoms with van der Waals surface area (Å²) in [7, 11) is 5.42. The molecule has 0 saturated heterocycles. The maximum Gasteiger partial charge on any atom is 0.165 e. The van der Waals surface area contributed by atoms with E-state index in [0.717, 1.165) is 22.8 Å². The summed E-state index contributed by atoms with van der Waals surface area (Å²) in [5, 5.41) is 7.64. The van der Waals surface area contributed by atoms with E-state index in [-0.39, 0.29) is 5.41 Å². The van der Waals surface area contributed by atoms with Gasteiger partial charge in [-0.15, -0.1) is 0 Å². The van der Waals surface area contributed by atoms with Crippen molar-refractivity contribution in [2.45, 2.75) is 32.8 Å². The van der Waals surface area contributed by atoms with Crippen LogP contribution in [-0.2, 0) is 23.8 Å². The molecule has 2 aromatic rings. The second-order valence-corrected chi connectivity index (χ2v) is 6.07. The maximum absolute atomic E-state index is 5.18. The predicted molar refractivity (Wildman–Crippen MR) is 83.2 cm³/mol. The second kappa shape index (κ2) is 5.81. The largest absolute Gasteiger partial charge is 0.378 e. The summed E-state index contributed by atoms with van der Waals surface area (Å²) in [6.07, 6.45) is 1.96. The van der Waals surface area contributed by atoms with Crippen LogP contribution in [0, 0.1) is 0 Å². The van der Waals surface area contributed by atoms with Gasteiger partial charge in [0, 0.05) is 38.9 Å². The minimum Gasteiger partial charge on any atom is -0.378 e. The number of methoxy groups -OCH3 is 1. The fraction of sp³-hybridized carbons (Fsp3) is 0.533. The summed E-state index contributed by atoms with van der Waals surface area (Å²) < 4.78 is 6.99. The van der Waals surface area contributed by atoms with E-state index in [1.807, 2.05) is 26.4 Å². The van der Waals surface area contributed by atoms with E-state index in [9.17, 15) is 0 Å². The van der Waals surface area contributed by atoms with Crippen molar-refractivity contribution in [3.8, 4) is 11.4 Å². The van der Waals surface area contributed by atoms with Crippen LogP contribution in [0.1, 0.15) is 32.2 Å². The van der Waals surface area contributed by atoms with Crippen molar-refractivity contribution >= 4 is 5.82 Å². The van der Waals surface area contributed by atoms with Gasteiger partial charge in [0.1, 0.15) is 5.82 Å². The van der Waals surface area contributed by atoms with Gasteiger partial charge in [0.15, 0.2) is 5.82 Å². The van der Waals surface area contributed by atoms with E-state index in [1.165, 1.54) is 0 Å². The van der Waals surface area contributed by atoms with Crippen LogP contribution in [0.25, 0.3) is 11.4 Å². The second-order valence-electron chi connectivity index (χ2n) is 6.07. The third-order valence-corrected chi connectivity index (χ3v) is 3.11. The highest BCUT2D eigenvalue weighted by Crippen LogP contribution is 2.30. The van der Waals surface area contributed by atoms with E-state index >= 15 is 0 Å². The van der Waals surface area contributed by atoms with Crippen LogP contribution in [0.3, 0.4) is 0 Å². The molecule has 0 aliphatic heterocycles. The number of aryl methyl sites for hydroxylation is 1. The molecule has 0 fully saturated rings. The van der Waals surface area contributed by atoms with Crippen LogP contribution in [0.15, 0.2) is 12.3 Å². The molecular weight excluding hydrogens is 266 g/mol. The molecule has 0 atom stereocenters. The van der Waals surface area contributed by atoms with Gasteiger partial charge in [-0.2, -0.15) is 5.10 Å². The Labute approximate surface area is 125 Å². The lowest BCUT2D eigenvalue weighted by Crippen LogP contribution is -2.14. The summed E-state index contributed by atoms with van der Waals surface area (Å²) in [6.45, 7) is 6.86. The molecule has 0 aliphatic rings. The SMILES string of the molecule is CNc1cc(COC)nc(-c2cn(C)nc2C(C)(C)C)n1. The normalized spacial score (nSPS) is 11.7. The van der Waals surface area contributed by atoms with Crippen molar-refractivity contribution in [2.24, 2.45) is 7.05 Å². The zero-order valence-electron chi connectivity index (χ0n) is 13.6. The molecule has 2 aromatic heterocycles. The first-order valence-electron chi connectivity index (χ1n) is 6.94. The molecule has 2 heterocycles. The summed E-state index contributed by atoms with van der Waals surface area (Å²) in [5.74, 6) is 1.45. The summed E-state index contributed by atoms with van der Waals surface area (Å²) in [6, 6.07) is 1.89. The van der Waals surface area contributed by atoms with Crippen LogP contribution in [0.4, 0.5) is 5.82 Å². The summed E-state index contributed by atoms with van der Waals surface area (Å²) in [4.78, 5) is 9.16. The number of nitrogens with one attached hydrogen (secondary N) is 1. The fourth-order valence-electron chi connectivity index (χ4n) is 2.17. The minimum absolute atomic E-state index is 0.0724. The highest BCUT2D eigenvalue weighted by molar-refractivity contribution is 5.61. The maximum atomic E-state index is 5.18. The molecular formula is C15H23N5O. The zero-order valence-corrected chi connectivity index (χ0v) is 13.6. The lowest BCUT2D eigenvalue weighted by atomic mass is 9.89. The molecule has 0 spiro atoms. The van der Waals surface area contributed by atoms with Crippen molar-refractivity contribution in [3.05, 3.63) is 23.7 Å². The van der Waals surface area contributed by atoms with Crippen LogP contribution in [0.5, 0.6) is 0 Å². The minimum atomic E-state index is -0.0724. The number of ether oxygens (including phenoxy) is 1. The first kappa shape index (κ1) is 15.4. The van der Waals surface area contributed by atoms with E-state index in [1.54, 1.807) is 11.8 Å². The molecule has 0 unspecified atom stereocenters. The van der Waals surface area contributed by atoms with Gasteiger partial charge in [-0.25, -0.2) is 9.97 Å². The predicted octanol–water partition coefficient (Wildman–Crippen LogP) is 2.36. The Kier molecular flexibility index (Phi) is 4.27. The van der Waals surface area contributed by atoms with E-state index in [2.05, 4.69) is 41.2 Å². The van der Waals surface area contributed by atoms with Crippen LogP contribution in [-0.4, -0.2) is 33.9 Å². The van der Waals surface area contributed by atoms with Crippen LogP contribution in [0.2, 0.25) is 0 Å². The van der Waals surface area contributed by atoms with Crippen LogP contribution < -0.4 is 5.32 Å². The van der Waals surface area contributed by atoms with E-state index in [0.29, 0.717) is 12.4 Å². The monoisotopic (exact) mass is 289 g/mol. The van der Waals surface area contributed by atoms with Gasteiger partial charge >= 0.3 is 0 Å². The lowest BCUT2D eigenvalue weighted by Gasteiger charge is -2.17. The molecule has 6 heteroatoms. The average Bonchev–Trinajstić information content (AvgIpc) is 2.81. The molecule has 114 valence electrons. The molecule has 1 N–H and O–H groups in total. The van der Waals surface area contributed by atoms with E-state index in [4.69, 9.17) is 4.74 Å². The molecule has 6 nitrogen and oxygen atoms in total. The molecule has 0 saturated carbocycles. The van der Waals surface area contributed by atoms with Crippen molar-refractivity contribution in [3.63, 3.8) is 0 Å². The Balaban J connectivity index is 2.58. The highest BCUT2D eigenvalue weighted by atomic mass is 16.5.